The Bertz CT molecular complexity index is 721. The van der Waals surface area contributed by atoms with E-state index in [1.165, 1.54) is 13.0 Å². The maximum Gasteiger partial charge on any atom is 0.417 e. The van der Waals surface area contributed by atoms with Gasteiger partial charge in [-0.2, -0.15) is 18.4 Å². The van der Waals surface area contributed by atoms with Gasteiger partial charge in [-0.3, -0.25) is 4.79 Å². The van der Waals surface area contributed by atoms with Crippen LogP contribution in [0.4, 0.5) is 13.2 Å². The predicted molar refractivity (Wildman–Crippen MR) is 70.9 cm³/mol. The van der Waals surface area contributed by atoms with E-state index >= 15 is 0 Å². The molecular formula is C13H13F3N2O3S. The number of hydrogen-bond acceptors (Lipinski definition) is 4. The molecular weight excluding hydrogens is 321 g/mol. The second kappa shape index (κ2) is 6.36. The van der Waals surface area contributed by atoms with Crippen LogP contribution in [0.3, 0.4) is 0 Å². The fourth-order valence-corrected chi connectivity index (χ4v) is 2.82. The Kier molecular flexibility index (Phi) is 5.19. The summed E-state index contributed by atoms with van der Waals surface area (Å²) in [5, 5.41) is 8.64. The summed E-state index contributed by atoms with van der Waals surface area (Å²) in [4.78, 5) is 10.5. The minimum absolute atomic E-state index is 0.334. The molecule has 0 saturated heterocycles. The zero-order chi connectivity index (χ0) is 17.1. The van der Waals surface area contributed by atoms with Crippen molar-refractivity contribution in [3.05, 3.63) is 29.3 Å². The van der Waals surface area contributed by atoms with Crippen LogP contribution in [-0.2, 0) is 21.0 Å². The molecule has 1 atom stereocenters. The van der Waals surface area contributed by atoms with Gasteiger partial charge in [-0.25, -0.2) is 13.1 Å². The maximum absolute atomic E-state index is 13.0. The van der Waals surface area contributed by atoms with Gasteiger partial charge >= 0.3 is 6.18 Å². The molecule has 120 valence electrons. The van der Waals surface area contributed by atoms with Crippen molar-refractivity contribution in [2.45, 2.75) is 31.3 Å². The van der Waals surface area contributed by atoms with Crippen LogP contribution < -0.4 is 4.72 Å². The first kappa shape index (κ1) is 18.0. The van der Waals surface area contributed by atoms with Crippen LogP contribution in [0.5, 0.6) is 0 Å². The van der Waals surface area contributed by atoms with Gasteiger partial charge in [-0.1, -0.05) is 13.8 Å². The second-order valence-corrected chi connectivity index (χ2v) is 6.25. The van der Waals surface area contributed by atoms with Crippen LogP contribution in [-0.4, -0.2) is 14.3 Å². The van der Waals surface area contributed by atoms with Crippen LogP contribution in [0.15, 0.2) is 23.1 Å². The lowest BCUT2D eigenvalue weighted by Gasteiger charge is -2.15. The smallest absolute Gasteiger partial charge is 0.274 e. The van der Waals surface area contributed by atoms with E-state index in [9.17, 15) is 26.4 Å². The van der Waals surface area contributed by atoms with E-state index in [1.54, 1.807) is 11.6 Å². The highest BCUT2D eigenvalue weighted by Crippen LogP contribution is 2.34. The lowest BCUT2D eigenvalue weighted by Crippen LogP contribution is -2.35. The molecule has 0 radical (unpaired) electrons. The summed E-state index contributed by atoms with van der Waals surface area (Å²) in [5.74, 6) is -1.55. The zero-order valence-corrected chi connectivity index (χ0v) is 12.5. The minimum atomic E-state index is -4.98. The van der Waals surface area contributed by atoms with Gasteiger partial charge in [-0.15, -0.1) is 0 Å². The molecule has 0 spiro atoms. The number of carbonyl (C=O) groups is 1. The van der Waals surface area contributed by atoms with E-state index in [0.717, 1.165) is 6.07 Å². The van der Waals surface area contributed by atoms with Crippen molar-refractivity contribution >= 4 is 15.9 Å². The van der Waals surface area contributed by atoms with Gasteiger partial charge in [-0.05, 0) is 24.6 Å². The van der Waals surface area contributed by atoms with Crippen molar-refractivity contribution in [2.75, 3.05) is 0 Å². The quantitative estimate of drug-likeness (QED) is 0.916. The summed E-state index contributed by atoms with van der Waals surface area (Å²) in [6.45, 7) is 3.09. The van der Waals surface area contributed by atoms with E-state index in [2.05, 4.69) is 0 Å². The lowest BCUT2D eigenvalue weighted by atomic mass is 10.1. The highest BCUT2D eigenvalue weighted by molar-refractivity contribution is 7.90. The van der Waals surface area contributed by atoms with Gasteiger partial charge in [0.15, 0.2) is 0 Å². The number of sulfonamides is 1. The Hall–Kier alpha value is -2.08. The topological polar surface area (TPSA) is 87.0 Å². The van der Waals surface area contributed by atoms with Gasteiger partial charge in [0.2, 0.25) is 5.91 Å². The summed E-state index contributed by atoms with van der Waals surface area (Å²) >= 11 is 0. The number of hydrogen-bond donors (Lipinski definition) is 1. The summed E-state index contributed by atoms with van der Waals surface area (Å²) < 4.78 is 64.6. The second-order valence-electron chi connectivity index (χ2n) is 4.60. The zero-order valence-electron chi connectivity index (χ0n) is 11.7. The number of nitriles is 1. The molecule has 1 aromatic carbocycles. The lowest BCUT2D eigenvalue weighted by molar-refractivity contribution is -0.140. The fourth-order valence-electron chi connectivity index (χ4n) is 1.53. The van der Waals surface area contributed by atoms with Gasteiger partial charge in [0.25, 0.3) is 10.0 Å². The summed E-state index contributed by atoms with van der Waals surface area (Å²) in [7, 11) is -4.68. The Morgan fingerprint density at radius 2 is 2.00 bits per heavy atom. The molecule has 1 aromatic rings. The average Bonchev–Trinajstić information content (AvgIpc) is 2.44. The van der Waals surface area contributed by atoms with Gasteiger partial charge in [0.1, 0.15) is 0 Å². The number of alkyl halides is 3. The SMILES string of the molecule is CC[C@H](C)C(=O)NS(=O)(=O)c1ccc(C#N)cc1C(F)(F)F. The van der Waals surface area contributed by atoms with E-state index in [1.807, 2.05) is 0 Å². The Morgan fingerprint density at radius 1 is 1.41 bits per heavy atom. The largest absolute Gasteiger partial charge is 0.417 e. The Labute approximate surface area is 125 Å². The van der Waals surface area contributed by atoms with Crippen molar-refractivity contribution < 1.29 is 26.4 Å². The van der Waals surface area contributed by atoms with Crippen LogP contribution >= 0.6 is 0 Å². The van der Waals surface area contributed by atoms with Gasteiger partial charge < -0.3 is 0 Å². The number of halogens is 3. The molecule has 0 fully saturated rings. The minimum Gasteiger partial charge on any atom is -0.274 e. The Balaban J connectivity index is 3.37. The number of carbonyl (C=O) groups excluding carboxylic acids is 1. The molecule has 0 unspecified atom stereocenters. The van der Waals surface area contributed by atoms with Gasteiger partial charge in [0.05, 0.1) is 22.1 Å². The van der Waals surface area contributed by atoms with Crippen molar-refractivity contribution in [2.24, 2.45) is 5.92 Å². The van der Waals surface area contributed by atoms with Crippen LogP contribution in [0.1, 0.15) is 31.4 Å². The molecule has 9 heteroatoms. The molecule has 22 heavy (non-hydrogen) atoms. The molecule has 5 nitrogen and oxygen atoms in total. The summed E-state index contributed by atoms with van der Waals surface area (Å²) in [6, 6.07) is 3.54. The highest BCUT2D eigenvalue weighted by atomic mass is 32.2. The number of rotatable bonds is 4. The number of amides is 1. The molecule has 0 aliphatic heterocycles. The first-order valence-corrected chi connectivity index (χ1v) is 7.69. The van der Waals surface area contributed by atoms with Crippen molar-refractivity contribution in [1.82, 2.24) is 4.72 Å². The third-order valence-electron chi connectivity index (χ3n) is 3.00. The summed E-state index contributed by atoms with van der Waals surface area (Å²) in [5.41, 5.74) is -1.82. The van der Waals surface area contributed by atoms with E-state index in [0.29, 0.717) is 18.6 Å². The molecule has 0 heterocycles. The van der Waals surface area contributed by atoms with Crippen molar-refractivity contribution in [3.8, 4) is 6.07 Å². The van der Waals surface area contributed by atoms with Crippen molar-refractivity contribution in [3.63, 3.8) is 0 Å². The molecule has 1 amide bonds. The maximum atomic E-state index is 13.0. The monoisotopic (exact) mass is 334 g/mol. The number of nitrogens with zero attached hydrogens (tertiary/aromatic N) is 1. The highest BCUT2D eigenvalue weighted by Gasteiger charge is 2.38. The van der Waals surface area contributed by atoms with Crippen molar-refractivity contribution in [1.29, 1.82) is 5.26 Å². The molecule has 0 saturated carbocycles. The number of nitrogens with one attached hydrogen (secondary N) is 1. The Morgan fingerprint density at radius 3 is 2.45 bits per heavy atom. The standard InChI is InChI=1S/C13H13F3N2O3S/c1-3-8(2)12(19)18-22(20,21)11-5-4-9(7-17)6-10(11)13(14,15)16/h4-6,8H,3H2,1-2H3,(H,18,19)/t8-/m0/s1. The molecule has 0 aromatic heterocycles. The molecule has 1 rings (SSSR count). The molecule has 0 aliphatic carbocycles. The first-order valence-electron chi connectivity index (χ1n) is 6.21. The molecule has 1 N–H and O–H groups in total. The number of benzene rings is 1. The first-order chi connectivity index (χ1) is 10.0. The third-order valence-corrected chi connectivity index (χ3v) is 4.40. The van der Waals surface area contributed by atoms with E-state index < -0.39 is 38.5 Å². The van der Waals surface area contributed by atoms with Crippen LogP contribution in [0, 0.1) is 17.2 Å². The third kappa shape index (κ3) is 3.98. The van der Waals surface area contributed by atoms with E-state index in [-0.39, 0.29) is 5.56 Å². The normalized spacial score (nSPS) is 13.3. The van der Waals surface area contributed by atoms with E-state index in [4.69, 9.17) is 5.26 Å². The fraction of sp³-hybridized carbons (Fsp3) is 0.385. The molecule has 0 bridgehead atoms. The van der Waals surface area contributed by atoms with Crippen LogP contribution in [0.25, 0.3) is 0 Å². The summed E-state index contributed by atoms with van der Waals surface area (Å²) in [6.07, 6.45) is -4.64. The average molecular weight is 334 g/mol. The molecule has 0 aliphatic rings. The van der Waals surface area contributed by atoms with Crippen LogP contribution in [0.2, 0.25) is 0 Å². The van der Waals surface area contributed by atoms with Gasteiger partial charge in [0, 0.05) is 5.92 Å². The predicted octanol–water partition coefficient (Wildman–Crippen LogP) is 2.43.